The summed E-state index contributed by atoms with van der Waals surface area (Å²) in [4.78, 5) is 13.5. The fourth-order valence-electron chi connectivity index (χ4n) is 1.50. The minimum absolute atomic E-state index is 0.123. The van der Waals surface area contributed by atoms with E-state index in [0.29, 0.717) is 30.2 Å². The fraction of sp³-hybridized carbons (Fsp3) is 0.417. The first-order chi connectivity index (χ1) is 8.12. The van der Waals surface area contributed by atoms with Gasteiger partial charge in [0.1, 0.15) is 5.75 Å². The minimum atomic E-state index is -0.123. The summed E-state index contributed by atoms with van der Waals surface area (Å²) in [7, 11) is 1.54. The Hall–Kier alpha value is -1.91. The number of nitrogen functional groups attached to an aromatic ring is 1. The molecule has 0 saturated carbocycles. The second-order valence-corrected chi connectivity index (χ2v) is 3.56. The number of anilines is 2. The minimum Gasteiger partial charge on any atom is -0.495 e. The third-order valence-corrected chi connectivity index (χ3v) is 2.54. The lowest BCUT2D eigenvalue weighted by molar-refractivity contribution is 0.217. The van der Waals surface area contributed by atoms with Crippen LogP contribution in [0.4, 0.5) is 16.2 Å². The molecule has 94 valence electrons. The van der Waals surface area contributed by atoms with Crippen LogP contribution in [-0.4, -0.2) is 31.1 Å². The van der Waals surface area contributed by atoms with Crippen molar-refractivity contribution in [1.82, 2.24) is 4.90 Å². The van der Waals surface area contributed by atoms with E-state index in [2.05, 4.69) is 5.32 Å². The van der Waals surface area contributed by atoms with Crippen molar-refractivity contribution in [1.29, 1.82) is 0 Å². The van der Waals surface area contributed by atoms with Crippen LogP contribution in [0.25, 0.3) is 0 Å². The molecule has 3 N–H and O–H groups in total. The highest BCUT2D eigenvalue weighted by molar-refractivity contribution is 5.89. The zero-order chi connectivity index (χ0) is 12.8. The summed E-state index contributed by atoms with van der Waals surface area (Å²) < 4.78 is 5.09. The third kappa shape index (κ3) is 3.27. The number of nitrogens with zero attached hydrogens (tertiary/aromatic N) is 1. The van der Waals surface area contributed by atoms with Gasteiger partial charge in [-0.1, -0.05) is 0 Å². The van der Waals surface area contributed by atoms with Gasteiger partial charge in [-0.05, 0) is 26.0 Å². The molecule has 1 aromatic carbocycles. The van der Waals surface area contributed by atoms with Crippen LogP contribution in [0.5, 0.6) is 5.75 Å². The molecule has 0 aliphatic heterocycles. The molecule has 5 heteroatoms. The van der Waals surface area contributed by atoms with Crippen molar-refractivity contribution in [2.45, 2.75) is 13.8 Å². The SMILES string of the molecule is CCN(CC)C(=O)Nc1ccc(N)c(OC)c1. The van der Waals surface area contributed by atoms with Crippen LogP contribution in [0.1, 0.15) is 13.8 Å². The maximum absolute atomic E-state index is 11.8. The van der Waals surface area contributed by atoms with Gasteiger partial charge in [0.25, 0.3) is 0 Å². The van der Waals surface area contributed by atoms with Crippen molar-refractivity contribution in [3.8, 4) is 5.75 Å². The number of hydrogen-bond acceptors (Lipinski definition) is 3. The standard InChI is InChI=1S/C12H19N3O2/c1-4-15(5-2)12(16)14-9-6-7-10(13)11(8-9)17-3/h6-8H,4-5,13H2,1-3H3,(H,14,16). The van der Waals surface area contributed by atoms with Gasteiger partial charge in [0, 0.05) is 24.8 Å². The first kappa shape index (κ1) is 13.2. The number of urea groups is 1. The number of rotatable bonds is 4. The van der Waals surface area contributed by atoms with Crippen LogP contribution < -0.4 is 15.8 Å². The third-order valence-electron chi connectivity index (χ3n) is 2.54. The maximum Gasteiger partial charge on any atom is 0.321 e. The van der Waals surface area contributed by atoms with Gasteiger partial charge in [-0.25, -0.2) is 4.79 Å². The molecule has 0 saturated heterocycles. The van der Waals surface area contributed by atoms with E-state index in [-0.39, 0.29) is 6.03 Å². The predicted molar refractivity (Wildman–Crippen MR) is 69.3 cm³/mol. The molecule has 0 heterocycles. The highest BCUT2D eigenvalue weighted by atomic mass is 16.5. The number of methoxy groups -OCH3 is 1. The Kier molecular flexibility index (Phi) is 4.63. The number of amides is 2. The molecule has 0 aromatic heterocycles. The molecular formula is C12H19N3O2. The Morgan fingerprint density at radius 2 is 2.06 bits per heavy atom. The van der Waals surface area contributed by atoms with Crippen molar-refractivity contribution < 1.29 is 9.53 Å². The van der Waals surface area contributed by atoms with Gasteiger partial charge in [-0.2, -0.15) is 0 Å². The molecule has 2 amide bonds. The summed E-state index contributed by atoms with van der Waals surface area (Å²) >= 11 is 0. The monoisotopic (exact) mass is 237 g/mol. The van der Waals surface area contributed by atoms with Gasteiger partial charge in [-0.3, -0.25) is 0 Å². The Bertz CT molecular complexity index is 389. The number of ether oxygens (including phenoxy) is 1. The topological polar surface area (TPSA) is 67.6 Å². The number of hydrogen-bond donors (Lipinski definition) is 2. The summed E-state index contributed by atoms with van der Waals surface area (Å²) in [5.41, 5.74) is 6.92. The fourth-order valence-corrected chi connectivity index (χ4v) is 1.50. The Morgan fingerprint density at radius 1 is 1.41 bits per heavy atom. The number of benzene rings is 1. The van der Waals surface area contributed by atoms with Gasteiger partial charge < -0.3 is 20.7 Å². The van der Waals surface area contributed by atoms with E-state index in [1.807, 2.05) is 13.8 Å². The molecule has 0 spiro atoms. The molecule has 1 rings (SSSR count). The first-order valence-corrected chi connectivity index (χ1v) is 5.61. The van der Waals surface area contributed by atoms with E-state index in [4.69, 9.17) is 10.5 Å². The number of nitrogens with two attached hydrogens (primary N) is 1. The Morgan fingerprint density at radius 3 is 2.59 bits per heavy atom. The zero-order valence-electron chi connectivity index (χ0n) is 10.5. The largest absolute Gasteiger partial charge is 0.495 e. The molecule has 0 aliphatic rings. The molecule has 0 fully saturated rings. The predicted octanol–water partition coefficient (Wildman–Crippen LogP) is 2.15. The van der Waals surface area contributed by atoms with Gasteiger partial charge >= 0.3 is 6.03 Å². The Labute approximate surface area is 102 Å². The lowest BCUT2D eigenvalue weighted by Gasteiger charge is -2.19. The highest BCUT2D eigenvalue weighted by Gasteiger charge is 2.10. The van der Waals surface area contributed by atoms with Gasteiger partial charge in [0.2, 0.25) is 0 Å². The zero-order valence-corrected chi connectivity index (χ0v) is 10.5. The van der Waals surface area contributed by atoms with Crippen LogP contribution in [0.3, 0.4) is 0 Å². The molecule has 0 bridgehead atoms. The van der Waals surface area contributed by atoms with Crippen molar-refractivity contribution in [2.24, 2.45) is 0 Å². The van der Waals surface area contributed by atoms with Crippen LogP contribution in [0.2, 0.25) is 0 Å². The maximum atomic E-state index is 11.8. The van der Waals surface area contributed by atoms with E-state index in [0.717, 1.165) is 0 Å². The summed E-state index contributed by atoms with van der Waals surface area (Å²) in [6.07, 6.45) is 0. The quantitative estimate of drug-likeness (QED) is 0.788. The first-order valence-electron chi connectivity index (χ1n) is 5.61. The van der Waals surface area contributed by atoms with Crippen LogP contribution in [-0.2, 0) is 0 Å². The molecule has 0 unspecified atom stereocenters. The number of carbonyl (C=O) groups excluding carboxylic acids is 1. The smallest absolute Gasteiger partial charge is 0.321 e. The van der Waals surface area contributed by atoms with Crippen molar-refractivity contribution in [3.63, 3.8) is 0 Å². The molecule has 17 heavy (non-hydrogen) atoms. The summed E-state index contributed by atoms with van der Waals surface area (Å²) in [6.45, 7) is 5.22. The number of carbonyl (C=O) groups is 1. The summed E-state index contributed by atoms with van der Waals surface area (Å²) in [5.74, 6) is 0.558. The lowest BCUT2D eigenvalue weighted by Crippen LogP contribution is -2.34. The normalized spacial score (nSPS) is 9.82. The molecule has 0 radical (unpaired) electrons. The van der Waals surface area contributed by atoms with E-state index < -0.39 is 0 Å². The molecular weight excluding hydrogens is 218 g/mol. The number of nitrogens with one attached hydrogen (secondary N) is 1. The Balaban J connectivity index is 2.78. The van der Waals surface area contributed by atoms with Crippen LogP contribution in [0, 0.1) is 0 Å². The highest BCUT2D eigenvalue weighted by Crippen LogP contribution is 2.25. The summed E-state index contributed by atoms with van der Waals surface area (Å²) in [6, 6.07) is 5.04. The second-order valence-electron chi connectivity index (χ2n) is 3.56. The van der Waals surface area contributed by atoms with Crippen molar-refractivity contribution in [3.05, 3.63) is 18.2 Å². The average molecular weight is 237 g/mol. The second kappa shape index (κ2) is 5.98. The van der Waals surface area contributed by atoms with Crippen LogP contribution in [0.15, 0.2) is 18.2 Å². The van der Waals surface area contributed by atoms with Gasteiger partial charge in [-0.15, -0.1) is 0 Å². The molecule has 0 atom stereocenters. The molecule has 1 aromatic rings. The van der Waals surface area contributed by atoms with Crippen molar-refractivity contribution >= 4 is 17.4 Å². The van der Waals surface area contributed by atoms with E-state index in [1.165, 1.54) is 0 Å². The summed E-state index contributed by atoms with van der Waals surface area (Å²) in [5, 5.41) is 2.80. The van der Waals surface area contributed by atoms with Gasteiger partial charge in [0.05, 0.1) is 12.8 Å². The molecule has 0 aliphatic carbocycles. The van der Waals surface area contributed by atoms with Gasteiger partial charge in [0.15, 0.2) is 0 Å². The van der Waals surface area contributed by atoms with Crippen LogP contribution >= 0.6 is 0 Å². The van der Waals surface area contributed by atoms with E-state index in [9.17, 15) is 4.79 Å². The van der Waals surface area contributed by atoms with E-state index >= 15 is 0 Å². The molecule has 5 nitrogen and oxygen atoms in total. The lowest BCUT2D eigenvalue weighted by atomic mass is 10.2. The van der Waals surface area contributed by atoms with Crippen molar-refractivity contribution in [2.75, 3.05) is 31.2 Å². The van der Waals surface area contributed by atoms with E-state index in [1.54, 1.807) is 30.2 Å². The average Bonchev–Trinajstić information content (AvgIpc) is 2.33.